The number of benzene rings is 1. The molecule has 1 saturated heterocycles. The minimum absolute atomic E-state index is 0.00619. The van der Waals surface area contributed by atoms with Crippen molar-refractivity contribution in [3.63, 3.8) is 0 Å². The summed E-state index contributed by atoms with van der Waals surface area (Å²) in [7, 11) is 0. The van der Waals surface area contributed by atoms with Gasteiger partial charge in [-0.05, 0) is 13.0 Å². The highest BCUT2D eigenvalue weighted by molar-refractivity contribution is 5.67. The SMILES string of the molecule is NCCC1CC(CC(=O)O)OC(c2ccccc2)O1. The van der Waals surface area contributed by atoms with Crippen LogP contribution in [0.3, 0.4) is 0 Å². The first kappa shape index (κ1) is 14.0. The smallest absolute Gasteiger partial charge is 0.305 e. The van der Waals surface area contributed by atoms with Crippen LogP contribution in [-0.4, -0.2) is 29.8 Å². The number of hydrogen-bond acceptors (Lipinski definition) is 4. The molecule has 0 bridgehead atoms. The van der Waals surface area contributed by atoms with Gasteiger partial charge in [0.25, 0.3) is 0 Å². The maximum atomic E-state index is 10.8. The average Bonchev–Trinajstić information content (AvgIpc) is 2.39. The van der Waals surface area contributed by atoms with Crippen LogP contribution in [0, 0.1) is 0 Å². The molecule has 0 saturated carbocycles. The molecular weight excluding hydrogens is 246 g/mol. The van der Waals surface area contributed by atoms with E-state index in [-0.39, 0.29) is 18.6 Å². The summed E-state index contributed by atoms with van der Waals surface area (Å²) >= 11 is 0. The summed E-state index contributed by atoms with van der Waals surface area (Å²) in [5.41, 5.74) is 6.46. The van der Waals surface area contributed by atoms with E-state index in [1.54, 1.807) is 0 Å². The molecule has 0 aliphatic carbocycles. The van der Waals surface area contributed by atoms with Crippen molar-refractivity contribution in [2.24, 2.45) is 5.73 Å². The van der Waals surface area contributed by atoms with Crippen molar-refractivity contribution >= 4 is 5.97 Å². The third-order valence-electron chi connectivity index (χ3n) is 3.12. The molecule has 1 aromatic carbocycles. The number of rotatable bonds is 5. The average molecular weight is 265 g/mol. The third kappa shape index (κ3) is 4.02. The normalized spacial score (nSPS) is 27.1. The molecule has 0 radical (unpaired) electrons. The Morgan fingerprint density at radius 1 is 1.26 bits per heavy atom. The fourth-order valence-electron chi connectivity index (χ4n) is 2.25. The lowest BCUT2D eigenvalue weighted by molar-refractivity contribution is -0.249. The highest BCUT2D eigenvalue weighted by atomic mass is 16.7. The predicted molar refractivity (Wildman–Crippen MR) is 69.5 cm³/mol. The van der Waals surface area contributed by atoms with Crippen molar-refractivity contribution < 1.29 is 19.4 Å². The molecule has 0 aromatic heterocycles. The van der Waals surface area contributed by atoms with Crippen LogP contribution in [0.4, 0.5) is 0 Å². The maximum Gasteiger partial charge on any atom is 0.305 e. The van der Waals surface area contributed by atoms with Crippen molar-refractivity contribution in [1.29, 1.82) is 0 Å². The van der Waals surface area contributed by atoms with Crippen LogP contribution in [0.2, 0.25) is 0 Å². The van der Waals surface area contributed by atoms with Gasteiger partial charge in [0, 0.05) is 12.0 Å². The van der Waals surface area contributed by atoms with Crippen LogP contribution >= 0.6 is 0 Å². The first-order valence-corrected chi connectivity index (χ1v) is 6.46. The topological polar surface area (TPSA) is 81.8 Å². The minimum Gasteiger partial charge on any atom is -0.481 e. The van der Waals surface area contributed by atoms with E-state index in [1.165, 1.54) is 0 Å². The Kier molecular flexibility index (Phi) is 4.90. The van der Waals surface area contributed by atoms with Gasteiger partial charge in [-0.25, -0.2) is 0 Å². The van der Waals surface area contributed by atoms with Gasteiger partial charge in [0.05, 0.1) is 18.6 Å². The maximum absolute atomic E-state index is 10.8. The van der Waals surface area contributed by atoms with Gasteiger partial charge in [-0.1, -0.05) is 30.3 Å². The lowest BCUT2D eigenvalue weighted by Crippen LogP contribution is -2.36. The second kappa shape index (κ2) is 6.65. The van der Waals surface area contributed by atoms with E-state index in [0.29, 0.717) is 19.4 Å². The summed E-state index contributed by atoms with van der Waals surface area (Å²) in [6, 6.07) is 9.54. The van der Waals surface area contributed by atoms with Crippen LogP contribution in [0.5, 0.6) is 0 Å². The molecule has 104 valence electrons. The molecule has 1 aliphatic heterocycles. The lowest BCUT2D eigenvalue weighted by Gasteiger charge is -2.35. The predicted octanol–water partition coefficient (Wildman–Crippen LogP) is 1.68. The Morgan fingerprint density at radius 3 is 2.58 bits per heavy atom. The van der Waals surface area contributed by atoms with Crippen LogP contribution in [0.1, 0.15) is 31.1 Å². The zero-order valence-electron chi connectivity index (χ0n) is 10.7. The van der Waals surface area contributed by atoms with Gasteiger partial charge in [0.2, 0.25) is 0 Å². The molecule has 19 heavy (non-hydrogen) atoms. The number of carboxylic acids is 1. The van der Waals surface area contributed by atoms with Crippen LogP contribution in [0.25, 0.3) is 0 Å². The molecule has 2 rings (SSSR count). The monoisotopic (exact) mass is 265 g/mol. The molecule has 1 fully saturated rings. The highest BCUT2D eigenvalue weighted by Gasteiger charge is 2.31. The van der Waals surface area contributed by atoms with Gasteiger partial charge in [-0.15, -0.1) is 0 Å². The van der Waals surface area contributed by atoms with Crippen molar-refractivity contribution in [2.45, 2.75) is 37.8 Å². The second-order valence-electron chi connectivity index (χ2n) is 4.67. The molecule has 1 aliphatic rings. The molecule has 1 aromatic rings. The van der Waals surface area contributed by atoms with Gasteiger partial charge >= 0.3 is 5.97 Å². The molecule has 3 atom stereocenters. The first-order valence-electron chi connectivity index (χ1n) is 6.46. The van der Waals surface area contributed by atoms with Gasteiger partial charge in [-0.3, -0.25) is 4.79 Å². The summed E-state index contributed by atoms with van der Waals surface area (Å²) in [5.74, 6) is -0.856. The number of carbonyl (C=O) groups is 1. The van der Waals surface area contributed by atoms with Crippen LogP contribution in [0.15, 0.2) is 30.3 Å². The summed E-state index contributed by atoms with van der Waals surface area (Å²) in [6.45, 7) is 0.520. The van der Waals surface area contributed by atoms with Gasteiger partial charge < -0.3 is 20.3 Å². The first-order chi connectivity index (χ1) is 9.19. The van der Waals surface area contributed by atoms with E-state index in [2.05, 4.69) is 0 Å². The summed E-state index contributed by atoms with van der Waals surface area (Å²) in [5, 5.41) is 8.89. The molecule has 5 heteroatoms. The van der Waals surface area contributed by atoms with E-state index >= 15 is 0 Å². The Balaban J connectivity index is 2.07. The van der Waals surface area contributed by atoms with Crippen LogP contribution < -0.4 is 5.73 Å². The van der Waals surface area contributed by atoms with E-state index in [0.717, 1.165) is 5.56 Å². The summed E-state index contributed by atoms with van der Waals surface area (Å²) < 4.78 is 11.5. The minimum atomic E-state index is -0.856. The Labute approximate surface area is 112 Å². The quantitative estimate of drug-likeness (QED) is 0.846. The molecule has 1 heterocycles. The van der Waals surface area contributed by atoms with Crippen LogP contribution in [-0.2, 0) is 14.3 Å². The van der Waals surface area contributed by atoms with Gasteiger partial charge in [0.15, 0.2) is 6.29 Å². The second-order valence-corrected chi connectivity index (χ2v) is 4.67. The molecular formula is C14H19NO4. The Bertz CT molecular complexity index is 409. The Morgan fingerprint density at radius 2 is 1.95 bits per heavy atom. The number of ether oxygens (including phenoxy) is 2. The van der Waals surface area contributed by atoms with Crippen molar-refractivity contribution in [1.82, 2.24) is 0 Å². The van der Waals surface area contributed by atoms with E-state index in [4.69, 9.17) is 20.3 Å². The highest BCUT2D eigenvalue weighted by Crippen LogP contribution is 2.31. The summed E-state index contributed by atoms with van der Waals surface area (Å²) in [6.07, 6.45) is 0.404. The van der Waals surface area contributed by atoms with Gasteiger partial charge in [0.1, 0.15) is 0 Å². The molecule has 3 N–H and O–H groups in total. The number of carboxylic acid groups (broad SMARTS) is 1. The zero-order chi connectivity index (χ0) is 13.7. The van der Waals surface area contributed by atoms with E-state index < -0.39 is 12.3 Å². The number of hydrogen-bond donors (Lipinski definition) is 2. The summed E-state index contributed by atoms with van der Waals surface area (Å²) in [4.78, 5) is 10.8. The Hall–Kier alpha value is -1.43. The molecule has 3 unspecified atom stereocenters. The van der Waals surface area contributed by atoms with E-state index in [1.807, 2.05) is 30.3 Å². The van der Waals surface area contributed by atoms with Crippen molar-refractivity contribution in [3.8, 4) is 0 Å². The zero-order valence-corrected chi connectivity index (χ0v) is 10.7. The van der Waals surface area contributed by atoms with E-state index in [9.17, 15) is 4.79 Å². The van der Waals surface area contributed by atoms with Crippen molar-refractivity contribution in [2.75, 3.05) is 6.54 Å². The van der Waals surface area contributed by atoms with Gasteiger partial charge in [-0.2, -0.15) is 0 Å². The molecule has 5 nitrogen and oxygen atoms in total. The molecule has 0 spiro atoms. The number of aliphatic carboxylic acids is 1. The third-order valence-corrected chi connectivity index (χ3v) is 3.12. The lowest BCUT2D eigenvalue weighted by atomic mass is 10.0. The van der Waals surface area contributed by atoms with Crippen molar-refractivity contribution in [3.05, 3.63) is 35.9 Å². The fourth-order valence-corrected chi connectivity index (χ4v) is 2.25. The standard InChI is InChI=1S/C14H19NO4/c15-7-6-11-8-12(9-13(16)17)19-14(18-11)10-4-2-1-3-5-10/h1-5,11-12,14H,6-9,15H2,(H,16,17). The largest absolute Gasteiger partial charge is 0.481 e. The fraction of sp³-hybridized carbons (Fsp3) is 0.500. The number of nitrogens with two attached hydrogens (primary N) is 1. The molecule has 0 amide bonds.